The molecular weight excluding hydrogens is 304 g/mol. The number of urea groups is 1. The molecule has 0 spiro atoms. The Morgan fingerprint density at radius 2 is 2.12 bits per heavy atom. The summed E-state index contributed by atoms with van der Waals surface area (Å²) in [6, 6.07) is 8.84. The lowest BCUT2D eigenvalue weighted by Crippen LogP contribution is -2.33. The molecule has 2 N–H and O–H groups in total. The highest BCUT2D eigenvalue weighted by Gasteiger charge is 2.16. The predicted molar refractivity (Wildman–Crippen MR) is 95.1 cm³/mol. The highest BCUT2D eigenvalue weighted by molar-refractivity contribution is 5.91. The number of para-hydroxylation sites is 2. The Balaban J connectivity index is 2.04. The lowest BCUT2D eigenvalue weighted by molar-refractivity contribution is 0.247. The molecule has 6 heteroatoms. The lowest BCUT2D eigenvalue weighted by Gasteiger charge is -2.19. The van der Waals surface area contributed by atoms with E-state index in [2.05, 4.69) is 22.3 Å². The number of aryl methyl sites for hydroxylation is 1. The number of nitrogens with one attached hydrogen (secondary N) is 2. The zero-order chi connectivity index (χ0) is 17.5. The fourth-order valence-corrected chi connectivity index (χ4v) is 2.32. The van der Waals surface area contributed by atoms with Gasteiger partial charge in [-0.2, -0.15) is 5.10 Å². The molecule has 1 unspecified atom stereocenters. The van der Waals surface area contributed by atoms with Gasteiger partial charge in [-0.15, -0.1) is 0 Å². The van der Waals surface area contributed by atoms with Crippen LogP contribution >= 0.6 is 0 Å². The summed E-state index contributed by atoms with van der Waals surface area (Å²) in [5, 5.41) is 9.96. The molecule has 0 saturated heterocycles. The smallest absolute Gasteiger partial charge is 0.319 e. The zero-order valence-electron chi connectivity index (χ0n) is 14.4. The van der Waals surface area contributed by atoms with Crippen LogP contribution in [0.5, 0.6) is 5.75 Å². The highest BCUT2D eigenvalue weighted by Crippen LogP contribution is 2.24. The van der Waals surface area contributed by atoms with Crippen molar-refractivity contribution in [2.75, 3.05) is 11.9 Å². The normalized spacial score (nSPS) is 11.6. The number of benzene rings is 1. The SMILES string of the molecule is C=C(C)COc1ccccc1NC(=O)NC(CC)c1ccnn1C. The maximum absolute atomic E-state index is 12.4. The van der Waals surface area contributed by atoms with Gasteiger partial charge in [-0.25, -0.2) is 4.79 Å². The number of ether oxygens (including phenoxy) is 1. The van der Waals surface area contributed by atoms with Gasteiger partial charge >= 0.3 is 6.03 Å². The first-order valence-corrected chi connectivity index (χ1v) is 7.93. The molecule has 24 heavy (non-hydrogen) atoms. The van der Waals surface area contributed by atoms with Crippen molar-refractivity contribution in [1.82, 2.24) is 15.1 Å². The molecule has 1 heterocycles. The Kier molecular flexibility index (Phi) is 6.01. The summed E-state index contributed by atoms with van der Waals surface area (Å²) in [7, 11) is 1.86. The van der Waals surface area contributed by atoms with Crippen LogP contribution in [0.1, 0.15) is 32.0 Å². The topological polar surface area (TPSA) is 68.2 Å². The molecule has 0 fully saturated rings. The number of hydrogen-bond acceptors (Lipinski definition) is 3. The monoisotopic (exact) mass is 328 g/mol. The first kappa shape index (κ1) is 17.6. The van der Waals surface area contributed by atoms with Crippen LogP contribution in [0.4, 0.5) is 10.5 Å². The molecule has 2 amide bonds. The molecule has 0 aliphatic carbocycles. The van der Waals surface area contributed by atoms with E-state index in [1.807, 2.05) is 45.2 Å². The number of hydrogen-bond donors (Lipinski definition) is 2. The van der Waals surface area contributed by atoms with E-state index < -0.39 is 0 Å². The number of anilines is 1. The molecule has 0 aliphatic rings. The Hall–Kier alpha value is -2.76. The Morgan fingerprint density at radius 3 is 2.75 bits per heavy atom. The van der Waals surface area contributed by atoms with Gasteiger partial charge in [0.1, 0.15) is 12.4 Å². The molecule has 1 atom stereocenters. The van der Waals surface area contributed by atoms with E-state index in [4.69, 9.17) is 4.74 Å². The average molecular weight is 328 g/mol. The third-order valence-electron chi connectivity index (χ3n) is 3.54. The molecule has 0 aliphatic heterocycles. The summed E-state index contributed by atoms with van der Waals surface area (Å²) in [5.41, 5.74) is 2.49. The van der Waals surface area contributed by atoms with Crippen molar-refractivity contribution in [2.45, 2.75) is 26.3 Å². The largest absolute Gasteiger partial charge is 0.487 e. The molecule has 128 valence electrons. The summed E-state index contributed by atoms with van der Waals surface area (Å²) in [6.45, 7) is 8.13. The molecular formula is C18H24N4O2. The van der Waals surface area contributed by atoms with Crippen LogP contribution in [0.2, 0.25) is 0 Å². The second-order valence-electron chi connectivity index (χ2n) is 5.68. The van der Waals surface area contributed by atoms with Crippen molar-refractivity contribution in [2.24, 2.45) is 7.05 Å². The minimum Gasteiger partial charge on any atom is -0.487 e. The van der Waals surface area contributed by atoms with Crippen molar-refractivity contribution in [3.8, 4) is 5.75 Å². The van der Waals surface area contributed by atoms with Crippen molar-refractivity contribution in [1.29, 1.82) is 0 Å². The molecule has 0 radical (unpaired) electrons. The van der Waals surface area contributed by atoms with E-state index in [1.165, 1.54) is 0 Å². The predicted octanol–water partition coefficient (Wildman–Crippen LogP) is 3.65. The Bertz CT molecular complexity index is 709. The minimum absolute atomic E-state index is 0.110. The number of carbonyl (C=O) groups excluding carboxylic acids is 1. The van der Waals surface area contributed by atoms with E-state index in [-0.39, 0.29) is 12.1 Å². The molecule has 0 saturated carbocycles. The summed E-state index contributed by atoms with van der Waals surface area (Å²) in [4.78, 5) is 12.4. The van der Waals surface area contributed by atoms with Crippen LogP contribution in [-0.4, -0.2) is 22.4 Å². The van der Waals surface area contributed by atoms with Crippen LogP contribution in [0.15, 0.2) is 48.7 Å². The quantitative estimate of drug-likeness (QED) is 0.762. The number of amides is 2. The molecule has 6 nitrogen and oxygen atoms in total. The Morgan fingerprint density at radius 1 is 1.38 bits per heavy atom. The standard InChI is InChI=1S/C18H24N4O2/c1-5-14(16-10-11-19-22(16)4)20-18(23)21-15-8-6-7-9-17(15)24-12-13(2)3/h6-11,14H,2,5,12H2,1,3-4H3,(H2,20,21,23). The second kappa shape index (κ2) is 8.19. The van der Waals surface area contributed by atoms with E-state index in [9.17, 15) is 4.79 Å². The van der Waals surface area contributed by atoms with Crippen molar-refractivity contribution < 1.29 is 9.53 Å². The lowest BCUT2D eigenvalue weighted by atomic mass is 10.1. The zero-order valence-corrected chi connectivity index (χ0v) is 14.4. The summed E-state index contributed by atoms with van der Waals surface area (Å²) >= 11 is 0. The van der Waals surface area contributed by atoms with Crippen molar-refractivity contribution in [3.05, 3.63) is 54.4 Å². The molecule has 0 bridgehead atoms. The fraction of sp³-hybridized carbons (Fsp3) is 0.333. The molecule has 1 aromatic heterocycles. The highest BCUT2D eigenvalue weighted by atomic mass is 16.5. The fourth-order valence-electron chi connectivity index (χ4n) is 2.32. The van der Waals surface area contributed by atoms with Gasteiger partial charge in [0.15, 0.2) is 0 Å². The molecule has 2 rings (SSSR count). The maximum atomic E-state index is 12.4. The van der Waals surface area contributed by atoms with E-state index in [0.717, 1.165) is 17.7 Å². The van der Waals surface area contributed by atoms with Gasteiger partial charge in [-0.3, -0.25) is 4.68 Å². The molecule has 1 aromatic carbocycles. The van der Waals surface area contributed by atoms with Crippen molar-refractivity contribution >= 4 is 11.7 Å². The number of aromatic nitrogens is 2. The summed E-state index contributed by atoms with van der Waals surface area (Å²) < 4.78 is 7.43. The average Bonchev–Trinajstić information content (AvgIpc) is 2.97. The van der Waals surface area contributed by atoms with Crippen LogP contribution in [0.25, 0.3) is 0 Å². The van der Waals surface area contributed by atoms with Crippen LogP contribution < -0.4 is 15.4 Å². The van der Waals surface area contributed by atoms with E-state index >= 15 is 0 Å². The van der Waals surface area contributed by atoms with Gasteiger partial charge in [-0.1, -0.05) is 25.6 Å². The van der Waals surface area contributed by atoms with Crippen LogP contribution in [-0.2, 0) is 7.05 Å². The summed E-state index contributed by atoms with van der Waals surface area (Å²) in [5.74, 6) is 0.615. The van der Waals surface area contributed by atoms with Crippen LogP contribution in [0, 0.1) is 0 Å². The van der Waals surface area contributed by atoms with E-state index in [0.29, 0.717) is 18.0 Å². The maximum Gasteiger partial charge on any atom is 0.319 e. The first-order valence-electron chi connectivity index (χ1n) is 7.93. The minimum atomic E-state index is -0.283. The van der Waals surface area contributed by atoms with Gasteiger partial charge in [0.2, 0.25) is 0 Å². The second-order valence-corrected chi connectivity index (χ2v) is 5.68. The third-order valence-corrected chi connectivity index (χ3v) is 3.54. The number of nitrogens with zero attached hydrogens (tertiary/aromatic N) is 2. The van der Waals surface area contributed by atoms with Crippen LogP contribution in [0.3, 0.4) is 0 Å². The summed E-state index contributed by atoms with van der Waals surface area (Å²) in [6.07, 6.45) is 2.49. The van der Waals surface area contributed by atoms with Gasteiger partial charge in [0.25, 0.3) is 0 Å². The molecule has 2 aromatic rings. The van der Waals surface area contributed by atoms with Crippen molar-refractivity contribution in [3.63, 3.8) is 0 Å². The number of carbonyl (C=O) groups is 1. The third kappa shape index (κ3) is 4.62. The Labute approximate surface area is 142 Å². The van der Waals surface area contributed by atoms with Gasteiger partial charge in [-0.05, 0) is 37.1 Å². The first-order chi connectivity index (χ1) is 11.5. The van der Waals surface area contributed by atoms with Gasteiger partial charge in [0.05, 0.1) is 17.4 Å². The van der Waals surface area contributed by atoms with Gasteiger partial charge in [0, 0.05) is 13.2 Å². The van der Waals surface area contributed by atoms with Gasteiger partial charge < -0.3 is 15.4 Å². The number of rotatable bonds is 7. The van der Waals surface area contributed by atoms with E-state index in [1.54, 1.807) is 16.9 Å².